The minimum absolute atomic E-state index is 0.173. The lowest BCUT2D eigenvalue weighted by molar-refractivity contribution is -0.124. The molecule has 0 saturated heterocycles. The molecule has 0 aromatic heterocycles. The van der Waals surface area contributed by atoms with E-state index >= 15 is 0 Å². The van der Waals surface area contributed by atoms with Crippen LogP contribution < -0.4 is 11.5 Å². The van der Waals surface area contributed by atoms with Crippen molar-refractivity contribution in [2.24, 2.45) is 11.5 Å². The predicted molar refractivity (Wildman–Crippen MR) is 89.4 cm³/mol. The molecule has 4 heteroatoms. The van der Waals surface area contributed by atoms with E-state index in [1.165, 1.54) is 10.5 Å². The number of hydrogen-bond donors (Lipinski definition) is 2. The molecule has 1 aromatic rings. The summed E-state index contributed by atoms with van der Waals surface area (Å²) in [5.41, 5.74) is 12.3. The second-order valence-electron chi connectivity index (χ2n) is 7.13. The highest BCUT2D eigenvalue weighted by molar-refractivity contribution is 8.00. The zero-order chi connectivity index (χ0) is 15.7. The van der Waals surface area contributed by atoms with Gasteiger partial charge in [0.15, 0.2) is 0 Å². The Bertz CT molecular complexity index is 507. The monoisotopic (exact) mass is 306 g/mol. The van der Waals surface area contributed by atoms with Gasteiger partial charge in [0.05, 0.1) is 5.54 Å². The molecule has 1 fully saturated rings. The fourth-order valence-corrected chi connectivity index (χ4v) is 4.15. The van der Waals surface area contributed by atoms with Crippen LogP contribution in [-0.4, -0.2) is 16.7 Å². The molecular formula is C17H26N2OS. The van der Waals surface area contributed by atoms with E-state index in [9.17, 15) is 4.79 Å². The van der Waals surface area contributed by atoms with Gasteiger partial charge in [-0.3, -0.25) is 4.79 Å². The van der Waals surface area contributed by atoms with Crippen LogP contribution in [0.3, 0.4) is 0 Å². The third kappa shape index (κ3) is 4.01. The summed E-state index contributed by atoms with van der Waals surface area (Å²) in [6.45, 7) is 6.64. The number of rotatable bonds is 3. The average molecular weight is 306 g/mol. The van der Waals surface area contributed by atoms with E-state index < -0.39 is 5.54 Å². The summed E-state index contributed by atoms with van der Waals surface area (Å²) in [5, 5.41) is 0.372. The summed E-state index contributed by atoms with van der Waals surface area (Å²) in [6.07, 6.45) is 3.45. The van der Waals surface area contributed by atoms with Crippen molar-refractivity contribution in [3.63, 3.8) is 0 Å². The van der Waals surface area contributed by atoms with Gasteiger partial charge in [0.25, 0.3) is 0 Å². The Balaban J connectivity index is 2.03. The Morgan fingerprint density at radius 3 is 2.43 bits per heavy atom. The molecule has 21 heavy (non-hydrogen) atoms. The van der Waals surface area contributed by atoms with Crippen LogP contribution in [0.25, 0.3) is 0 Å². The first-order chi connectivity index (χ1) is 9.71. The Morgan fingerprint density at radius 1 is 1.29 bits per heavy atom. The molecule has 0 aliphatic heterocycles. The van der Waals surface area contributed by atoms with Gasteiger partial charge in [-0.15, -0.1) is 11.8 Å². The van der Waals surface area contributed by atoms with Crippen LogP contribution >= 0.6 is 11.8 Å². The minimum atomic E-state index is -0.818. The minimum Gasteiger partial charge on any atom is -0.368 e. The summed E-state index contributed by atoms with van der Waals surface area (Å²) in [5.74, 6) is -0.365. The van der Waals surface area contributed by atoms with Crippen molar-refractivity contribution in [3.8, 4) is 0 Å². The Hall–Kier alpha value is -1.00. The molecule has 0 heterocycles. The van der Waals surface area contributed by atoms with Crippen LogP contribution in [0.4, 0.5) is 0 Å². The lowest BCUT2D eigenvalue weighted by Gasteiger charge is -2.35. The van der Waals surface area contributed by atoms with Crippen LogP contribution in [0.2, 0.25) is 0 Å². The van der Waals surface area contributed by atoms with Gasteiger partial charge in [-0.1, -0.05) is 32.9 Å². The van der Waals surface area contributed by atoms with Crippen molar-refractivity contribution < 1.29 is 4.79 Å². The Labute approximate surface area is 131 Å². The number of benzene rings is 1. The molecule has 0 spiro atoms. The zero-order valence-corrected chi connectivity index (χ0v) is 14.0. The highest BCUT2D eigenvalue weighted by Crippen LogP contribution is 2.37. The van der Waals surface area contributed by atoms with Crippen LogP contribution in [0.1, 0.15) is 52.0 Å². The van der Waals surface area contributed by atoms with Gasteiger partial charge >= 0.3 is 0 Å². The molecule has 3 nitrogen and oxygen atoms in total. The van der Waals surface area contributed by atoms with Gasteiger partial charge in [0, 0.05) is 10.1 Å². The van der Waals surface area contributed by atoms with Gasteiger partial charge in [0.1, 0.15) is 0 Å². The molecule has 0 radical (unpaired) electrons. The lowest BCUT2D eigenvalue weighted by Crippen LogP contribution is -2.55. The third-order valence-corrected chi connectivity index (χ3v) is 5.53. The highest BCUT2D eigenvalue weighted by Gasteiger charge is 2.38. The lowest BCUT2D eigenvalue weighted by atomic mass is 9.82. The molecule has 1 aliphatic rings. The normalized spacial score (nSPS) is 26.6. The van der Waals surface area contributed by atoms with Crippen molar-refractivity contribution in [2.75, 3.05) is 0 Å². The van der Waals surface area contributed by atoms with Crippen LogP contribution in [0.15, 0.2) is 29.2 Å². The number of nitrogens with two attached hydrogens (primary N) is 2. The maximum atomic E-state index is 11.5. The fourth-order valence-electron chi connectivity index (χ4n) is 2.81. The number of primary amides is 1. The van der Waals surface area contributed by atoms with Gasteiger partial charge in [-0.05, 0) is 48.8 Å². The van der Waals surface area contributed by atoms with E-state index in [4.69, 9.17) is 11.5 Å². The molecule has 2 unspecified atom stereocenters. The maximum absolute atomic E-state index is 11.5. The molecule has 2 rings (SSSR count). The van der Waals surface area contributed by atoms with Gasteiger partial charge in [-0.25, -0.2) is 0 Å². The maximum Gasteiger partial charge on any atom is 0.237 e. The molecule has 2 atom stereocenters. The molecule has 1 aromatic carbocycles. The van der Waals surface area contributed by atoms with Crippen molar-refractivity contribution in [1.82, 2.24) is 0 Å². The molecule has 1 aliphatic carbocycles. The van der Waals surface area contributed by atoms with Crippen LogP contribution in [0.5, 0.6) is 0 Å². The van der Waals surface area contributed by atoms with Crippen molar-refractivity contribution in [1.29, 1.82) is 0 Å². The summed E-state index contributed by atoms with van der Waals surface area (Å²) in [4.78, 5) is 12.8. The number of thioether (sulfide) groups is 1. The number of hydrogen-bond acceptors (Lipinski definition) is 3. The zero-order valence-electron chi connectivity index (χ0n) is 13.2. The molecule has 4 N–H and O–H groups in total. The first-order valence-electron chi connectivity index (χ1n) is 7.57. The van der Waals surface area contributed by atoms with E-state index in [2.05, 4.69) is 45.0 Å². The van der Waals surface area contributed by atoms with Crippen LogP contribution in [-0.2, 0) is 10.2 Å². The van der Waals surface area contributed by atoms with Gasteiger partial charge < -0.3 is 11.5 Å². The number of amides is 1. The SMILES string of the molecule is CC(C)(C)c1ccc(SC2CCCC(N)(C(N)=O)C2)cc1. The molecule has 1 saturated carbocycles. The van der Waals surface area contributed by atoms with Crippen molar-refractivity contribution in [3.05, 3.63) is 29.8 Å². The summed E-state index contributed by atoms with van der Waals surface area (Å²) < 4.78 is 0. The number of carbonyl (C=O) groups is 1. The van der Waals surface area contributed by atoms with Crippen LogP contribution in [0, 0.1) is 0 Å². The second kappa shape index (κ2) is 6.01. The van der Waals surface area contributed by atoms with Crippen molar-refractivity contribution in [2.45, 2.75) is 67.6 Å². The largest absolute Gasteiger partial charge is 0.368 e. The predicted octanol–water partition coefficient (Wildman–Crippen LogP) is 3.20. The van der Waals surface area contributed by atoms with E-state index in [1.807, 2.05) is 11.8 Å². The highest BCUT2D eigenvalue weighted by atomic mass is 32.2. The summed E-state index contributed by atoms with van der Waals surface area (Å²) in [6, 6.07) is 8.72. The quantitative estimate of drug-likeness (QED) is 0.901. The molecule has 1 amide bonds. The van der Waals surface area contributed by atoms with E-state index in [0.717, 1.165) is 12.8 Å². The molecule has 116 valence electrons. The molecular weight excluding hydrogens is 280 g/mol. The van der Waals surface area contributed by atoms with E-state index in [1.54, 1.807) is 0 Å². The third-order valence-electron chi connectivity index (χ3n) is 4.25. The van der Waals surface area contributed by atoms with E-state index in [0.29, 0.717) is 18.1 Å². The Morgan fingerprint density at radius 2 is 1.90 bits per heavy atom. The first kappa shape index (κ1) is 16.4. The van der Waals surface area contributed by atoms with Crippen molar-refractivity contribution >= 4 is 17.7 Å². The molecule has 0 bridgehead atoms. The standard InChI is InChI=1S/C17H26N2OS/c1-16(2,3)12-6-8-13(9-7-12)21-14-5-4-10-17(19,11-14)15(18)20/h6-9,14H,4-5,10-11,19H2,1-3H3,(H2,18,20). The average Bonchev–Trinajstić information content (AvgIpc) is 2.38. The topological polar surface area (TPSA) is 69.1 Å². The number of carbonyl (C=O) groups excluding carboxylic acids is 1. The first-order valence-corrected chi connectivity index (χ1v) is 8.45. The summed E-state index contributed by atoms with van der Waals surface area (Å²) in [7, 11) is 0. The van der Waals surface area contributed by atoms with Gasteiger partial charge in [0.2, 0.25) is 5.91 Å². The summed E-state index contributed by atoms with van der Waals surface area (Å²) >= 11 is 1.82. The fraction of sp³-hybridized carbons (Fsp3) is 0.588. The Kier molecular flexibility index (Phi) is 4.69. The van der Waals surface area contributed by atoms with E-state index in [-0.39, 0.29) is 11.3 Å². The second-order valence-corrected chi connectivity index (χ2v) is 8.50. The smallest absolute Gasteiger partial charge is 0.237 e. The van der Waals surface area contributed by atoms with Gasteiger partial charge in [-0.2, -0.15) is 0 Å².